The second-order valence-corrected chi connectivity index (χ2v) is 11.2. The molecule has 6 unspecified atom stereocenters. The number of carbonyl (C=O) groups is 5. The number of esters is 3. The Balaban J connectivity index is -0.000000736. The fourth-order valence-electron chi connectivity index (χ4n) is 2.76. The minimum absolute atomic E-state index is 0.00513. The molecule has 0 aliphatic rings. The summed E-state index contributed by atoms with van der Waals surface area (Å²) in [7, 11) is 5.48. The zero-order chi connectivity index (χ0) is 40.3. The van der Waals surface area contributed by atoms with Crippen molar-refractivity contribution in [2.24, 2.45) is 17.8 Å². The van der Waals surface area contributed by atoms with Gasteiger partial charge in [-0.05, 0) is 0 Å². The first-order valence-electron chi connectivity index (χ1n) is 16.4. The van der Waals surface area contributed by atoms with E-state index in [0.29, 0.717) is 6.61 Å². The molecule has 0 saturated heterocycles. The molecule has 20 heteroatoms. The minimum atomic E-state index is -1.05. The van der Waals surface area contributed by atoms with Crippen molar-refractivity contribution >= 4 is 29.8 Å². The largest absolute Gasteiger partial charge is 0.481 e. The molecule has 6 atom stereocenters. The number of aliphatic hydroxyl groups is 4. The second kappa shape index (κ2) is 36.3. The van der Waals surface area contributed by atoms with Crippen molar-refractivity contribution in [1.82, 2.24) is 5.32 Å². The van der Waals surface area contributed by atoms with Crippen molar-refractivity contribution in [3.8, 4) is 0 Å². The summed E-state index contributed by atoms with van der Waals surface area (Å²) in [5, 5.41) is 45.6. The van der Waals surface area contributed by atoms with Crippen LogP contribution >= 0.6 is 0 Å². The van der Waals surface area contributed by atoms with Gasteiger partial charge in [0.2, 0.25) is 5.91 Å². The highest BCUT2D eigenvalue weighted by Gasteiger charge is 2.16. The van der Waals surface area contributed by atoms with Gasteiger partial charge in [0.15, 0.2) is 18.9 Å². The van der Waals surface area contributed by atoms with Crippen molar-refractivity contribution in [1.29, 1.82) is 0 Å². The number of rotatable bonds is 28. The average Bonchev–Trinajstić information content (AvgIpc) is 3.15. The van der Waals surface area contributed by atoms with Gasteiger partial charge in [-0.2, -0.15) is 0 Å². The van der Waals surface area contributed by atoms with Crippen LogP contribution in [0.25, 0.3) is 0 Å². The minimum Gasteiger partial charge on any atom is -0.481 e. The van der Waals surface area contributed by atoms with E-state index in [0.717, 1.165) is 0 Å². The quantitative estimate of drug-likeness (QED) is 0.0311. The molecule has 0 aromatic rings. The summed E-state index contributed by atoms with van der Waals surface area (Å²) in [4.78, 5) is 55.1. The first kappa shape index (κ1) is 53.3. The van der Waals surface area contributed by atoms with Gasteiger partial charge in [-0.15, -0.1) is 0 Å². The van der Waals surface area contributed by atoms with E-state index in [1.54, 1.807) is 13.8 Å². The fraction of sp³-hybridized carbons (Fsp3) is 0.844. The van der Waals surface area contributed by atoms with E-state index in [1.807, 2.05) is 6.92 Å². The summed E-state index contributed by atoms with van der Waals surface area (Å²) in [6.07, 6.45) is -2.69. The molecule has 0 radical (unpaired) electrons. The maximum atomic E-state index is 11.5. The van der Waals surface area contributed by atoms with Crippen molar-refractivity contribution in [3.63, 3.8) is 0 Å². The van der Waals surface area contributed by atoms with E-state index in [2.05, 4.69) is 10.1 Å². The number of hydrogen-bond acceptors (Lipinski definition) is 18. The number of carboxylic acids is 1. The van der Waals surface area contributed by atoms with Crippen LogP contribution in [-0.4, -0.2) is 169 Å². The Hall–Kier alpha value is -3.05. The summed E-state index contributed by atoms with van der Waals surface area (Å²) in [6.45, 7) is 5.83. The van der Waals surface area contributed by atoms with E-state index in [1.165, 1.54) is 28.4 Å². The van der Waals surface area contributed by atoms with Gasteiger partial charge in [-0.1, -0.05) is 20.8 Å². The molecule has 52 heavy (non-hydrogen) atoms. The molecule has 0 aliphatic heterocycles. The zero-order valence-corrected chi connectivity index (χ0v) is 31.3. The van der Waals surface area contributed by atoms with Crippen molar-refractivity contribution in [2.75, 3.05) is 94.4 Å². The van der Waals surface area contributed by atoms with Crippen molar-refractivity contribution < 1.29 is 92.1 Å². The van der Waals surface area contributed by atoms with Crippen LogP contribution in [0.1, 0.15) is 46.5 Å². The molecule has 0 rings (SSSR count). The molecule has 0 fully saturated rings. The normalized spacial score (nSPS) is 14.1. The number of ether oxygens (including phenoxy) is 9. The highest BCUT2D eigenvalue weighted by molar-refractivity contribution is 5.84. The SMILES string of the molecule is COC(=O)CNC(=O)CCC(=O)OCC(OC)OCC(C)CO.COC(CO)OCC(C)CO.COC(COC(=O)CCC(=O)O)OCC(C)CO. The predicted molar refractivity (Wildman–Crippen MR) is 179 cm³/mol. The lowest BCUT2D eigenvalue weighted by Crippen LogP contribution is -2.31. The highest BCUT2D eigenvalue weighted by Crippen LogP contribution is 2.04. The molecular weight excluding hydrogens is 702 g/mol. The molecular formula is C32H61NO19. The van der Waals surface area contributed by atoms with Crippen LogP contribution in [0.15, 0.2) is 0 Å². The number of hydrogen-bond donors (Lipinski definition) is 6. The standard InChI is InChI=1S/C14H25NO8.C11H20O7.C7H16O4/c1-10(7-16)8-23-14(21-3)9-22-12(18)5-4-11(17)15-6-13(19)20-2;1-8(5-12)6-18-11(16-2)7-17-10(15)4-3-9(13)14;1-6(3-8)5-11-7(4-9)10-2/h10,14,16H,4-9H2,1-3H3,(H,15,17);8,11-12H,3-7H2,1-2H3,(H,13,14);6-9H,3-5H2,1-2H3. The molecule has 308 valence electrons. The molecule has 6 N–H and O–H groups in total. The third kappa shape index (κ3) is 35.4. The van der Waals surface area contributed by atoms with Gasteiger partial charge < -0.3 is 73.5 Å². The molecule has 20 nitrogen and oxygen atoms in total. The van der Waals surface area contributed by atoms with Crippen LogP contribution in [-0.2, 0) is 66.6 Å². The van der Waals surface area contributed by atoms with Crippen LogP contribution in [0.5, 0.6) is 0 Å². The number of carbonyl (C=O) groups excluding carboxylic acids is 4. The first-order chi connectivity index (χ1) is 24.7. The maximum absolute atomic E-state index is 11.5. The smallest absolute Gasteiger partial charge is 0.325 e. The Morgan fingerprint density at radius 2 is 0.904 bits per heavy atom. The molecule has 0 aliphatic carbocycles. The summed E-state index contributed by atoms with van der Waals surface area (Å²) < 4.78 is 44.4. The topological polar surface area (TPSA) is 282 Å². The van der Waals surface area contributed by atoms with Crippen LogP contribution in [0.2, 0.25) is 0 Å². The van der Waals surface area contributed by atoms with Crippen LogP contribution < -0.4 is 5.32 Å². The number of amides is 1. The lowest BCUT2D eigenvalue weighted by atomic mass is 10.2. The Bertz CT molecular complexity index is 920. The summed E-state index contributed by atoms with van der Waals surface area (Å²) in [5.41, 5.74) is 0. The van der Waals surface area contributed by atoms with Crippen molar-refractivity contribution in [3.05, 3.63) is 0 Å². The number of aliphatic hydroxyl groups excluding tert-OH is 4. The summed E-state index contributed by atoms with van der Waals surface area (Å²) >= 11 is 0. The van der Waals surface area contributed by atoms with Gasteiger partial charge in [0.1, 0.15) is 19.8 Å². The average molecular weight is 764 g/mol. The van der Waals surface area contributed by atoms with Gasteiger partial charge in [0.05, 0.1) is 52.8 Å². The fourth-order valence-corrected chi connectivity index (χ4v) is 2.76. The highest BCUT2D eigenvalue weighted by atomic mass is 16.7. The van der Waals surface area contributed by atoms with E-state index >= 15 is 0 Å². The van der Waals surface area contributed by atoms with Crippen LogP contribution in [0, 0.1) is 17.8 Å². The molecule has 0 heterocycles. The molecule has 0 aromatic heterocycles. The second-order valence-electron chi connectivity index (χ2n) is 11.2. The Morgan fingerprint density at radius 1 is 0.519 bits per heavy atom. The third-order valence-corrected chi connectivity index (χ3v) is 6.09. The van der Waals surface area contributed by atoms with E-state index in [4.69, 9.17) is 63.4 Å². The molecule has 0 bridgehead atoms. The Labute approximate surface area is 304 Å². The molecule has 0 spiro atoms. The zero-order valence-electron chi connectivity index (χ0n) is 31.3. The monoisotopic (exact) mass is 763 g/mol. The number of methoxy groups -OCH3 is 4. The van der Waals surface area contributed by atoms with Gasteiger partial charge in [0, 0.05) is 65.3 Å². The van der Waals surface area contributed by atoms with Crippen LogP contribution in [0.4, 0.5) is 0 Å². The van der Waals surface area contributed by atoms with E-state index in [9.17, 15) is 24.0 Å². The third-order valence-electron chi connectivity index (χ3n) is 6.09. The van der Waals surface area contributed by atoms with Gasteiger partial charge in [-0.25, -0.2) is 0 Å². The van der Waals surface area contributed by atoms with E-state index < -0.39 is 48.7 Å². The van der Waals surface area contributed by atoms with Gasteiger partial charge >= 0.3 is 23.9 Å². The lowest BCUT2D eigenvalue weighted by Gasteiger charge is -2.18. The van der Waals surface area contributed by atoms with Crippen molar-refractivity contribution in [2.45, 2.75) is 65.3 Å². The molecule has 0 aromatic carbocycles. The summed E-state index contributed by atoms with van der Waals surface area (Å²) in [6, 6.07) is 0. The predicted octanol–water partition coefficient (Wildman–Crippen LogP) is -1.18. The van der Waals surface area contributed by atoms with Gasteiger partial charge in [0.25, 0.3) is 0 Å². The molecule has 1 amide bonds. The molecule has 0 saturated carbocycles. The lowest BCUT2D eigenvalue weighted by molar-refractivity contribution is -0.178. The number of carboxylic acid groups (broad SMARTS) is 1. The van der Waals surface area contributed by atoms with Gasteiger partial charge in [-0.3, -0.25) is 24.0 Å². The van der Waals surface area contributed by atoms with Crippen LogP contribution in [0.3, 0.4) is 0 Å². The number of aliphatic carboxylic acids is 1. The number of nitrogens with one attached hydrogen (secondary N) is 1. The van der Waals surface area contributed by atoms with E-state index in [-0.39, 0.29) is 103 Å². The Kier molecular flexibility index (Phi) is 37.2. The Morgan fingerprint density at radius 3 is 1.23 bits per heavy atom. The maximum Gasteiger partial charge on any atom is 0.325 e. The summed E-state index contributed by atoms with van der Waals surface area (Å²) in [5.74, 6) is -3.28. The first-order valence-corrected chi connectivity index (χ1v) is 16.4.